The Morgan fingerprint density at radius 1 is 1.44 bits per heavy atom. The average molecular weight is 257 g/mol. The fraction of sp³-hybridized carbons (Fsp3) is 0.923. The molecule has 0 radical (unpaired) electrons. The number of methoxy groups -OCH3 is 1. The molecule has 1 saturated heterocycles. The summed E-state index contributed by atoms with van der Waals surface area (Å²) in [7, 11) is 5.93. The SMILES string of the molecule is COCCNC(=O)CCN(C)C1CCN(C)CC1. The van der Waals surface area contributed by atoms with Gasteiger partial charge in [-0.15, -0.1) is 0 Å². The van der Waals surface area contributed by atoms with Gasteiger partial charge in [0.05, 0.1) is 6.61 Å². The van der Waals surface area contributed by atoms with E-state index >= 15 is 0 Å². The molecule has 1 fully saturated rings. The number of rotatable bonds is 7. The molecule has 0 bridgehead atoms. The number of nitrogens with one attached hydrogen (secondary N) is 1. The van der Waals surface area contributed by atoms with Crippen LogP contribution in [0.4, 0.5) is 0 Å². The quantitative estimate of drug-likeness (QED) is 0.660. The van der Waals surface area contributed by atoms with Crippen LogP contribution in [0.3, 0.4) is 0 Å². The van der Waals surface area contributed by atoms with E-state index in [0.29, 0.717) is 25.6 Å². The summed E-state index contributed by atoms with van der Waals surface area (Å²) in [6.07, 6.45) is 2.99. The maximum Gasteiger partial charge on any atom is 0.221 e. The van der Waals surface area contributed by atoms with E-state index in [1.54, 1.807) is 7.11 Å². The first-order valence-electron chi connectivity index (χ1n) is 6.78. The Hall–Kier alpha value is -0.650. The van der Waals surface area contributed by atoms with E-state index < -0.39 is 0 Å². The zero-order valence-electron chi connectivity index (χ0n) is 11.9. The summed E-state index contributed by atoms with van der Waals surface area (Å²) in [5.41, 5.74) is 0. The molecule has 1 aliphatic heterocycles. The van der Waals surface area contributed by atoms with Gasteiger partial charge in [0.2, 0.25) is 5.91 Å². The standard InChI is InChI=1S/C13H27N3O2/c1-15-8-4-12(5-9-15)16(2)10-6-13(17)14-7-11-18-3/h12H,4-11H2,1-3H3,(H,14,17). The molecule has 0 saturated carbocycles. The van der Waals surface area contributed by atoms with Crippen LogP contribution in [0.5, 0.6) is 0 Å². The molecule has 1 amide bonds. The number of carbonyl (C=O) groups excluding carboxylic acids is 1. The van der Waals surface area contributed by atoms with Crippen molar-refractivity contribution in [1.29, 1.82) is 0 Å². The lowest BCUT2D eigenvalue weighted by molar-refractivity contribution is -0.121. The molecule has 0 aliphatic carbocycles. The van der Waals surface area contributed by atoms with Crippen LogP contribution in [-0.2, 0) is 9.53 Å². The Morgan fingerprint density at radius 2 is 2.11 bits per heavy atom. The second-order valence-corrected chi connectivity index (χ2v) is 5.11. The highest BCUT2D eigenvalue weighted by Crippen LogP contribution is 2.13. The minimum Gasteiger partial charge on any atom is -0.383 e. The fourth-order valence-electron chi connectivity index (χ4n) is 2.28. The zero-order valence-corrected chi connectivity index (χ0v) is 11.9. The van der Waals surface area contributed by atoms with Crippen LogP contribution in [0.2, 0.25) is 0 Å². The number of likely N-dealkylation sites (tertiary alicyclic amines) is 1. The molecule has 5 heteroatoms. The van der Waals surface area contributed by atoms with Gasteiger partial charge in [-0.1, -0.05) is 0 Å². The number of piperidine rings is 1. The topological polar surface area (TPSA) is 44.8 Å². The van der Waals surface area contributed by atoms with E-state index in [9.17, 15) is 4.79 Å². The van der Waals surface area contributed by atoms with Gasteiger partial charge >= 0.3 is 0 Å². The van der Waals surface area contributed by atoms with Crippen molar-refractivity contribution in [1.82, 2.24) is 15.1 Å². The highest BCUT2D eigenvalue weighted by atomic mass is 16.5. The van der Waals surface area contributed by atoms with Gasteiger partial charge in [0.15, 0.2) is 0 Å². The fourth-order valence-corrected chi connectivity index (χ4v) is 2.28. The van der Waals surface area contributed by atoms with Crippen LogP contribution >= 0.6 is 0 Å². The van der Waals surface area contributed by atoms with Gasteiger partial charge in [-0.25, -0.2) is 0 Å². The van der Waals surface area contributed by atoms with Crippen LogP contribution in [0, 0.1) is 0 Å². The molecule has 1 N–H and O–H groups in total. The van der Waals surface area contributed by atoms with E-state index in [4.69, 9.17) is 4.74 Å². The molecule has 1 rings (SSSR count). The average Bonchev–Trinajstić information content (AvgIpc) is 2.37. The van der Waals surface area contributed by atoms with E-state index in [-0.39, 0.29) is 5.91 Å². The number of nitrogens with zero attached hydrogens (tertiary/aromatic N) is 2. The minimum absolute atomic E-state index is 0.117. The van der Waals surface area contributed by atoms with Gasteiger partial charge in [-0.2, -0.15) is 0 Å². The van der Waals surface area contributed by atoms with Crippen LogP contribution in [0.25, 0.3) is 0 Å². The maximum absolute atomic E-state index is 11.6. The highest BCUT2D eigenvalue weighted by molar-refractivity contribution is 5.76. The van der Waals surface area contributed by atoms with Crippen molar-refractivity contribution in [2.75, 3.05) is 54.0 Å². The van der Waals surface area contributed by atoms with Gasteiger partial charge in [0.25, 0.3) is 0 Å². The monoisotopic (exact) mass is 257 g/mol. The Labute approximate surface area is 110 Å². The molecule has 18 heavy (non-hydrogen) atoms. The third kappa shape index (κ3) is 5.80. The highest BCUT2D eigenvalue weighted by Gasteiger charge is 2.20. The Bertz CT molecular complexity index is 240. The maximum atomic E-state index is 11.6. The molecule has 0 aromatic rings. The molecule has 0 unspecified atom stereocenters. The molecule has 0 aromatic heterocycles. The van der Waals surface area contributed by atoms with Crippen LogP contribution < -0.4 is 5.32 Å². The number of hydrogen-bond donors (Lipinski definition) is 1. The first-order chi connectivity index (χ1) is 8.63. The van der Waals surface area contributed by atoms with Gasteiger partial charge in [0.1, 0.15) is 0 Å². The first kappa shape index (κ1) is 15.4. The zero-order chi connectivity index (χ0) is 13.4. The van der Waals surface area contributed by atoms with Crippen molar-refractivity contribution >= 4 is 5.91 Å². The molecule has 0 aromatic carbocycles. The molecular weight excluding hydrogens is 230 g/mol. The lowest BCUT2D eigenvalue weighted by Crippen LogP contribution is -2.43. The third-order valence-corrected chi connectivity index (χ3v) is 3.63. The summed E-state index contributed by atoms with van der Waals surface area (Å²) >= 11 is 0. The number of amides is 1. The lowest BCUT2D eigenvalue weighted by atomic mass is 10.0. The number of ether oxygens (including phenoxy) is 1. The lowest BCUT2D eigenvalue weighted by Gasteiger charge is -2.35. The molecule has 106 valence electrons. The van der Waals surface area contributed by atoms with Gasteiger partial charge in [-0.3, -0.25) is 4.79 Å². The van der Waals surface area contributed by atoms with Gasteiger partial charge in [-0.05, 0) is 40.0 Å². The second-order valence-electron chi connectivity index (χ2n) is 5.11. The molecule has 1 aliphatic rings. The first-order valence-corrected chi connectivity index (χ1v) is 6.78. The van der Waals surface area contributed by atoms with Crippen molar-refractivity contribution in [3.8, 4) is 0 Å². The van der Waals surface area contributed by atoms with E-state index in [0.717, 1.165) is 19.6 Å². The van der Waals surface area contributed by atoms with Crippen LogP contribution in [-0.4, -0.2) is 75.7 Å². The summed E-state index contributed by atoms with van der Waals surface area (Å²) in [5.74, 6) is 0.117. The third-order valence-electron chi connectivity index (χ3n) is 3.63. The number of carbonyl (C=O) groups is 1. The molecule has 5 nitrogen and oxygen atoms in total. The largest absolute Gasteiger partial charge is 0.383 e. The summed E-state index contributed by atoms with van der Waals surface area (Å²) < 4.78 is 4.89. The number of hydrogen-bond acceptors (Lipinski definition) is 4. The molecular formula is C13H27N3O2. The van der Waals surface area contributed by atoms with Crippen LogP contribution in [0.1, 0.15) is 19.3 Å². The normalized spacial score (nSPS) is 18.2. The Balaban J connectivity index is 2.12. The summed E-state index contributed by atoms with van der Waals surface area (Å²) in [6.45, 7) is 4.35. The minimum atomic E-state index is 0.117. The summed E-state index contributed by atoms with van der Waals surface area (Å²) in [5, 5.41) is 2.85. The van der Waals surface area contributed by atoms with Gasteiger partial charge < -0.3 is 19.9 Å². The molecule has 1 heterocycles. The van der Waals surface area contributed by atoms with Crippen molar-refractivity contribution in [3.63, 3.8) is 0 Å². The van der Waals surface area contributed by atoms with Crippen molar-refractivity contribution in [3.05, 3.63) is 0 Å². The van der Waals surface area contributed by atoms with E-state index in [1.807, 2.05) is 0 Å². The van der Waals surface area contributed by atoms with E-state index in [2.05, 4.69) is 29.2 Å². The Morgan fingerprint density at radius 3 is 2.72 bits per heavy atom. The second kappa shape index (κ2) is 8.45. The Kier molecular flexibility index (Phi) is 7.23. The van der Waals surface area contributed by atoms with Crippen molar-refractivity contribution in [2.45, 2.75) is 25.3 Å². The predicted molar refractivity (Wildman–Crippen MR) is 72.7 cm³/mol. The molecule has 0 spiro atoms. The van der Waals surface area contributed by atoms with Gasteiger partial charge in [0, 0.05) is 32.7 Å². The summed E-state index contributed by atoms with van der Waals surface area (Å²) in [6, 6.07) is 0.632. The summed E-state index contributed by atoms with van der Waals surface area (Å²) in [4.78, 5) is 16.2. The predicted octanol–water partition coefficient (Wildman–Crippen LogP) is 0.165. The van der Waals surface area contributed by atoms with E-state index in [1.165, 1.54) is 12.8 Å². The van der Waals surface area contributed by atoms with Crippen LogP contribution in [0.15, 0.2) is 0 Å². The molecule has 0 atom stereocenters. The smallest absolute Gasteiger partial charge is 0.221 e. The van der Waals surface area contributed by atoms with Crippen molar-refractivity contribution in [2.24, 2.45) is 0 Å². The van der Waals surface area contributed by atoms with Crippen molar-refractivity contribution < 1.29 is 9.53 Å².